The van der Waals surface area contributed by atoms with E-state index >= 15 is 0 Å². The van der Waals surface area contributed by atoms with Gasteiger partial charge in [-0.3, -0.25) is 9.48 Å². The van der Waals surface area contributed by atoms with E-state index in [1.807, 2.05) is 0 Å². The second kappa shape index (κ2) is 6.41. The van der Waals surface area contributed by atoms with Gasteiger partial charge in [-0.2, -0.15) is 5.10 Å². The molecule has 2 heterocycles. The topological polar surface area (TPSA) is 59.8 Å². The van der Waals surface area contributed by atoms with Crippen molar-refractivity contribution in [3.8, 4) is 11.1 Å². The SMILES string of the molecule is Cc1cc(-c2ccc(F)c(Cl)c2)cc(C(=O)Nc2ccn(C)n2)n1. The first-order valence-corrected chi connectivity index (χ1v) is 7.55. The number of carbonyl (C=O) groups is 1. The number of anilines is 1. The van der Waals surface area contributed by atoms with E-state index in [0.717, 1.165) is 5.56 Å². The summed E-state index contributed by atoms with van der Waals surface area (Å²) in [4.78, 5) is 16.6. The fraction of sp³-hybridized carbons (Fsp3) is 0.118. The molecule has 0 aliphatic rings. The van der Waals surface area contributed by atoms with Crippen molar-refractivity contribution in [3.63, 3.8) is 0 Å². The van der Waals surface area contributed by atoms with Crippen LogP contribution in [-0.4, -0.2) is 20.7 Å². The van der Waals surface area contributed by atoms with Crippen LogP contribution in [-0.2, 0) is 7.05 Å². The first-order valence-electron chi connectivity index (χ1n) is 7.17. The molecule has 0 radical (unpaired) electrons. The van der Waals surface area contributed by atoms with Crippen molar-refractivity contribution in [2.45, 2.75) is 6.92 Å². The molecule has 3 aromatic rings. The number of benzene rings is 1. The summed E-state index contributed by atoms with van der Waals surface area (Å²) in [6.07, 6.45) is 1.73. The van der Waals surface area contributed by atoms with E-state index in [4.69, 9.17) is 11.6 Å². The molecule has 1 aromatic carbocycles. The Balaban J connectivity index is 1.93. The van der Waals surface area contributed by atoms with Gasteiger partial charge in [-0.15, -0.1) is 0 Å². The molecule has 0 atom stereocenters. The number of hydrogen-bond donors (Lipinski definition) is 1. The quantitative estimate of drug-likeness (QED) is 0.785. The maximum atomic E-state index is 13.3. The van der Waals surface area contributed by atoms with Gasteiger partial charge in [0.25, 0.3) is 5.91 Å². The summed E-state index contributed by atoms with van der Waals surface area (Å²) in [6.45, 7) is 1.78. The highest BCUT2D eigenvalue weighted by atomic mass is 35.5. The van der Waals surface area contributed by atoms with E-state index in [9.17, 15) is 9.18 Å². The number of nitrogens with zero attached hydrogens (tertiary/aromatic N) is 3. The van der Waals surface area contributed by atoms with E-state index in [0.29, 0.717) is 17.1 Å². The Morgan fingerprint density at radius 2 is 2.00 bits per heavy atom. The third-order valence-electron chi connectivity index (χ3n) is 3.39. The highest BCUT2D eigenvalue weighted by molar-refractivity contribution is 6.31. The maximum Gasteiger partial charge on any atom is 0.275 e. The molecule has 3 rings (SSSR count). The predicted octanol–water partition coefficient (Wildman–Crippen LogP) is 3.84. The van der Waals surface area contributed by atoms with Gasteiger partial charge in [0, 0.05) is 25.0 Å². The van der Waals surface area contributed by atoms with Crippen LogP contribution in [0, 0.1) is 12.7 Å². The smallest absolute Gasteiger partial charge is 0.275 e. The molecule has 0 fully saturated rings. The van der Waals surface area contributed by atoms with Crippen LogP contribution in [0.5, 0.6) is 0 Å². The average molecular weight is 345 g/mol. The Labute approximate surface area is 143 Å². The summed E-state index contributed by atoms with van der Waals surface area (Å²) in [6, 6.07) is 9.55. The summed E-state index contributed by atoms with van der Waals surface area (Å²) >= 11 is 5.83. The molecule has 24 heavy (non-hydrogen) atoms. The number of amides is 1. The van der Waals surface area contributed by atoms with Crippen molar-refractivity contribution >= 4 is 23.3 Å². The largest absolute Gasteiger partial charge is 0.304 e. The van der Waals surface area contributed by atoms with Crippen LogP contribution >= 0.6 is 11.6 Å². The Bertz CT molecular complexity index is 923. The zero-order valence-corrected chi connectivity index (χ0v) is 13.8. The first kappa shape index (κ1) is 16.1. The second-order valence-corrected chi connectivity index (χ2v) is 5.75. The van der Waals surface area contributed by atoms with Crippen LogP contribution in [0.3, 0.4) is 0 Å². The molecule has 0 aliphatic carbocycles. The van der Waals surface area contributed by atoms with Gasteiger partial charge in [0.15, 0.2) is 5.82 Å². The minimum Gasteiger partial charge on any atom is -0.304 e. The third kappa shape index (κ3) is 3.44. The molecular weight excluding hydrogens is 331 g/mol. The summed E-state index contributed by atoms with van der Waals surface area (Å²) < 4.78 is 14.9. The van der Waals surface area contributed by atoms with Crippen LogP contribution < -0.4 is 5.32 Å². The molecule has 1 N–H and O–H groups in total. The van der Waals surface area contributed by atoms with Crippen molar-refractivity contribution in [1.82, 2.24) is 14.8 Å². The predicted molar refractivity (Wildman–Crippen MR) is 90.5 cm³/mol. The number of rotatable bonds is 3. The van der Waals surface area contributed by atoms with Crippen LogP contribution in [0.25, 0.3) is 11.1 Å². The van der Waals surface area contributed by atoms with E-state index in [1.165, 1.54) is 12.1 Å². The van der Waals surface area contributed by atoms with Gasteiger partial charge in [-0.05, 0) is 42.3 Å². The van der Waals surface area contributed by atoms with Crippen molar-refractivity contribution < 1.29 is 9.18 Å². The number of pyridine rings is 1. The monoisotopic (exact) mass is 344 g/mol. The lowest BCUT2D eigenvalue weighted by molar-refractivity contribution is 0.102. The molecule has 5 nitrogen and oxygen atoms in total. The van der Waals surface area contributed by atoms with E-state index in [2.05, 4.69) is 15.4 Å². The number of aryl methyl sites for hydroxylation is 2. The molecule has 0 aliphatic heterocycles. The highest BCUT2D eigenvalue weighted by Gasteiger charge is 2.13. The van der Waals surface area contributed by atoms with Gasteiger partial charge < -0.3 is 5.32 Å². The number of halogens is 2. The van der Waals surface area contributed by atoms with Crippen LogP contribution in [0.4, 0.5) is 10.2 Å². The zero-order chi connectivity index (χ0) is 17.3. The molecule has 1 amide bonds. The Morgan fingerprint density at radius 1 is 1.21 bits per heavy atom. The lowest BCUT2D eigenvalue weighted by atomic mass is 10.0. The Morgan fingerprint density at radius 3 is 2.67 bits per heavy atom. The minimum atomic E-state index is -0.487. The lowest BCUT2D eigenvalue weighted by Crippen LogP contribution is -2.15. The normalized spacial score (nSPS) is 10.7. The summed E-state index contributed by atoms with van der Waals surface area (Å²) in [5.74, 6) is -0.414. The zero-order valence-electron chi connectivity index (χ0n) is 13.0. The molecule has 0 bridgehead atoms. The van der Waals surface area contributed by atoms with Crippen molar-refractivity contribution in [1.29, 1.82) is 0 Å². The number of hydrogen-bond acceptors (Lipinski definition) is 3. The second-order valence-electron chi connectivity index (χ2n) is 5.34. The van der Waals surface area contributed by atoms with Crippen LogP contribution in [0.1, 0.15) is 16.2 Å². The van der Waals surface area contributed by atoms with E-state index in [1.54, 1.807) is 49.1 Å². The number of aromatic nitrogens is 3. The average Bonchev–Trinajstić information content (AvgIpc) is 2.94. The van der Waals surface area contributed by atoms with Gasteiger partial charge in [0.2, 0.25) is 0 Å². The van der Waals surface area contributed by atoms with Crippen LogP contribution in [0.2, 0.25) is 5.02 Å². The fourth-order valence-electron chi connectivity index (χ4n) is 2.29. The van der Waals surface area contributed by atoms with Crippen LogP contribution in [0.15, 0.2) is 42.6 Å². The Hall–Kier alpha value is -2.73. The molecule has 0 spiro atoms. The van der Waals surface area contributed by atoms with Crippen molar-refractivity contribution in [2.24, 2.45) is 7.05 Å². The van der Waals surface area contributed by atoms with E-state index < -0.39 is 5.82 Å². The highest BCUT2D eigenvalue weighted by Crippen LogP contribution is 2.26. The maximum absolute atomic E-state index is 13.3. The van der Waals surface area contributed by atoms with Gasteiger partial charge in [-0.1, -0.05) is 17.7 Å². The summed E-state index contributed by atoms with van der Waals surface area (Å²) in [7, 11) is 1.76. The number of nitrogens with one attached hydrogen (secondary N) is 1. The van der Waals surface area contributed by atoms with Gasteiger partial charge >= 0.3 is 0 Å². The van der Waals surface area contributed by atoms with Gasteiger partial charge in [-0.25, -0.2) is 9.37 Å². The van der Waals surface area contributed by atoms with E-state index in [-0.39, 0.29) is 16.6 Å². The Kier molecular flexibility index (Phi) is 4.31. The fourth-order valence-corrected chi connectivity index (χ4v) is 2.47. The van der Waals surface area contributed by atoms with Gasteiger partial charge in [0.05, 0.1) is 5.02 Å². The number of carbonyl (C=O) groups excluding carboxylic acids is 1. The standard InChI is InChI=1S/C17H14ClFN4O/c1-10-7-12(11-3-4-14(19)13(18)8-11)9-15(20-10)17(24)21-16-5-6-23(2)22-16/h3-9H,1-2H3,(H,21,22,24). The third-order valence-corrected chi connectivity index (χ3v) is 3.68. The van der Waals surface area contributed by atoms with Crippen molar-refractivity contribution in [3.05, 3.63) is 64.8 Å². The van der Waals surface area contributed by atoms with Gasteiger partial charge in [0.1, 0.15) is 11.5 Å². The minimum absolute atomic E-state index is 0.0291. The van der Waals surface area contributed by atoms with Crippen molar-refractivity contribution in [2.75, 3.05) is 5.32 Å². The molecule has 0 saturated heterocycles. The molecule has 122 valence electrons. The molecule has 7 heteroatoms. The lowest BCUT2D eigenvalue weighted by Gasteiger charge is -2.08. The molecule has 0 unspecified atom stereocenters. The molecule has 0 saturated carbocycles. The summed E-state index contributed by atoms with van der Waals surface area (Å²) in [5.41, 5.74) is 2.35. The molecule has 2 aromatic heterocycles. The molecular formula is C17H14ClFN4O. The first-order chi connectivity index (χ1) is 11.4. The summed E-state index contributed by atoms with van der Waals surface area (Å²) in [5, 5.41) is 6.81.